The maximum Gasteiger partial charge on any atom is 0.172 e. The van der Waals surface area contributed by atoms with Gasteiger partial charge in [-0.2, -0.15) is 5.10 Å². The lowest BCUT2D eigenvalue weighted by Gasteiger charge is -2.10. The number of nitrogens with two attached hydrogens (primary N) is 1. The molecule has 3 rings (SSSR count). The largest absolute Gasteiger partial charge is 0.409 e. The molecule has 0 saturated carbocycles. The van der Waals surface area contributed by atoms with Gasteiger partial charge >= 0.3 is 0 Å². The normalized spacial score (nSPS) is 14.5. The molecule has 3 N–H and O–H groups in total. The molecule has 21 heavy (non-hydrogen) atoms. The Bertz CT molecular complexity index is 722. The van der Waals surface area contributed by atoms with Crippen LogP contribution in [0, 0.1) is 6.92 Å². The Balaban J connectivity index is 2.06. The molecule has 0 radical (unpaired) electrons. The van der Waals surface area contributed by atoms with Gasteiger partial charge in [-0.25, -0.2) is 4.98 Å². The van der Waals surface area contributed by atoms with E-state index in [9.17, 15) is 0 Å². The lowest BCUT2D eigenvalue weighted by molar-refractivity contribution is 0.318. The number of aromatic nitrogens is 3. The van der Waals surface area contributed by atoms with Crippen LogP contribution in [0.4, 0.5) is 0 Å². The van der Waals surface area contributed by atoms with E-state index in [0.717, 1.165) is 40.7 Å². The third-order valence-electron chi connectivity index (χ3n) is 3.56. The molecule has 0 unspecified atom stereocenters. The van der Waals surface area contributed by atoms with Gasteiger partial charge in [-0.05, 0) is 55.6 Å². The van der Waals surface area contributed by atoms with Crippen LogP contribution in [0.1, 0.15) is 28.9 Å². The van der Waals surface area contributed by atoms with Gasteiger partial charge < -0.3 is 10.9 Å². The summed E-state index contributed by atoms with van der Waals surface area (Å²) in [5.41, 5.74) is 9.76. The zero-order chi connectivity index (χ0) is 15.0. The van der Waals surface area contributed by atoms with E-state index < -0.39 is 0 Å². The number of hydrogen-bond acceptors (Lipinski definition) is 5. The zero-order valence-corrected chi connectivity index (χ0v) is 12.8. The molecule has 0 spiro atoms. The summed E-state index contributed by atoms with van der Waals surface area (Å²) < 4.78 is 1.81. The van der Waals surface area contributed by atoms with Gasteiger partial charge in [0.05, 0.1) is 11.3 Å². The summed E-state index contributed by atoms with van der Waals surface area (Å²) in [4.78, 5) is 4.72. The molecule has 2 aromatic heterocycles. The summed E-state index contributed by atoms with van der Waals surface area (Å²) >= 11 is 1.49. The average molecular weight is 303 g/mol. The number of amidine groups is 1. The summed E-state index contributed by atoms with van der Waals surface area (Å²) in [5.74, 6) is 0.0959. The van der Waals surface area contributed by atoms with Crippen LogP contribution in [-0.4, -0.2) is 25.8 Å². The maximum atomic E-state index is 8.99. The van der Waals surface area contributed by atoms with Gasteiger partial charge in [-0.1, -0.05) is 5.16 Å². The molecule has 1 aliphatic carbocycles. The van der Waals surface area contributed by atoms with Crippen LogP contribution in [0.2, 0.25) is 0 Å². The van der Waals surface area contributed by atoms with Gasteiger partial charge in [0.2, 0.25) is 0 Å². The number of fused-ring (bicyclic) bond motifs is 1. The SMILES string of the molecule is Cc1cc(Sc2nc3c(cc2C(N)=NO)CCC3)n(C)n1. The number of nitrogens with zero attached hydrogens (tertiary/aromatic N) is 4. The van der Waals surface area contributed by atoms with Gasteiger partial charge in [-0.3, -0.25) is 4.68 Å². The van der Waals surface area contributed by atoms with Crippen molar-refractivity contribution in [3.63, 3.8) is 0 Å². The van der Waals surface area contributed by atoms with Crippen molar-refractivity contribution in [3.8, 4) is 0 Å². The third-order valence-corrected chi connectivity index (χ3v) is 4.66. The molecule has 0 saturated heterocycles. The molecule has 110 valence electrons. The summed E-state index contributed by atoms with van der Waals surface area (Å²) in [5, 5.41) is 18.2. The Morgan fingerprint density at radius 1 is 1.43 bits per heavy atom. The number of rotatable bonds is 3. The van der Waals surface area contributed by atoms with Crippen LogP contribution in [0.15, 0.2) is 27.3 Å². The summed E-state index contributed by atoms with van der Waals surface area (Å²) in [6.45, 7) is 1.95. The molecule has 0 atom stereocenters. The van der Waals surface area contributed by atoms with Crippen molar-refractivity contribution in [2.75, 3.05) is 0 Å². The Hall–Kier alpha value is -2.02. The molecule has 0 amide bonds. The van der Waals surface area contributed by atoms with E-state index in [1.54, 1.807) is 0 Å². The third kappa shape index (κ3) is 2.61. The molecular formula is C14H17N5OS. The molecule has 2 heterocycles. The molecule has 0 bridgehead atoms. The smallest absolute Gasteiger partial charge is 0.172 e. The highest BCUT2D eigenvalue weighted by atomic mass is 32.2. The number of pyridine rings is 1. The quantitative estimate of drug-likeness (QED) is 0.391. The fraction of sp³-hybridized carbons (Fsp3) is 0.357. The number of hydrogen-bond donors (Lipinski definition) is 2. The Morgan fingerprint density at radius 3 is 2.90 bits per heavy atom. The minimum absolute atomic E-state index is 0.0959. The molecule has 0 aromatic carbocycles. The zero-order valence-electron chi connectivity index (χ0n) is 12.0. The first-order chi connectivity index (χ1) is 10.1. The standard InChI is InChI=1S/C14H17N5OS/c1-8-6-12(19(2)17-8)21-14-10(13(15)18-20)7-9-4-3-5-11(9)16-14/h6-7,20H,3-5H2,1-2H3,(H2,15,18). The molecule has 1 aliphatic rings. The van der Waals surface area contributed by atoms with E-state index in [2.05, 4.69) is 10.3 Å². The second-order valence-corrected chi connectivity index (χ2v) is 6.14. The van der Waals surface area contributed by atoms with E-state index in [0.29, 0.717) is 5.56 Å². The van der Waals surface area contributed by atoms with Crippen LogP contribution >= 0.6 is 11.8 Å². The molecule has 7 heteroatoms. The van der Waals surface area contributed by atoms with Crippen molar-refractivity contribution in [1.82, 2.24) is 14.8 Å². The van der Waals surface area contributed by atoms with Crippen LogP contribution in [-0.2, 0) is 19.9 Å². The lowest BCUT2D eigenvalue weighted by Crippen LogP contribution is -2.16. The summed E-state index contributed by atoms with van der Waals surface area (Å²) in [7, 11) is 1.89. The number of aryl methyl sites for hydroxylation is 4. The maximum absolute atomic E-state index is 8.99. The lowest BCUT2D eigenvalue weighted by atomic mass is 10.1. The highest BCUT2D eigenvalue weighted by molar-refractivity contribution is 7.99. The first kappa shape index (κ1) is 13.9. The van der Waals surface area contributed by atoms with E-state index in [1.165, 1.54) is 17.3 Å². The molecular weight excluding hydrogens is 286 g/mol. The molecule has 6 nitrogen and oxygen atoms in total. The Morgan fingerprint density at radius 2 is 2.24 bits per heavy atom. The topological polar surface area (TPSA) is 89.3 Å². The van der Waals surface area contributed by atoms with Crippen LogP contribution in [0.5, 0.6) is 0 Å². The Kier molecular flexibility index (Phi) is 3.59. The van der Waals surface area contributed by atoms with Crippen LogP contribution in [0.25, 0.3) is 0 Å². The van der Waals surface area contributed by atoms with Gasteiger partial charge in [-0.15, -0.1) is 0 Å². The molecule has 2 aromatic rings. The molecule has 0 aliphatic heterocycles. The first-order valence-corrected chi connectivity index (χ1v) is 7.59. The summed E-state index contributed by atoms with van der Waals surface area (Å²) in [6.07, 6.45) is 3.10. The fourth-order valence-corrected chi connectivity index (χ4v) is 3.58. The fourth-order valence-electron chi connectivity index (χ4n) is 2.55. The van der Waals surface area contributed by atoms with Gasteiger partial charge in [0.1, 0.15) is 10.1 Å². The van der Waals surface area contributed by atoms with E-state index in [1.807, 2.05) is 30.8 Å². The predicted molar refractivity (Wildman–Crippen MR) is 80.8 cm³/mol. The van der Waals surface area contributed by atoms with E-state index in [4.69, 9.17) is 15.9 Å². The van der Waals surface area contributed by atoms with Crippen molar-refractivity contribution in [1.29, 1.82) is 0 Å². The number of oxime groups is 1. The minimum atomic E-state index is 0.0959. The van der Waals surface area contributed by atoms with E-state index in [-0.39, 0.29) is 5.84 Å². The highest BCUT2D eigenvalue weighted by Gasteiger charge is 2.20. The van der Waals surface area contributed by atoms with Gasteiger partial charge in [0, 0.05) is 12.7 Å². The summed E-state index contributed by atoms with van der Waals surface area (Å²) in [6, 6.07) is 3.99. The Labute approximate surface area is 127 Å². The minimum Gasteiger partial charge on any atom is -0.409 e. The van der Waals surface area contributed by atoms with Crippen LogP contribution < -0.4 is 5.73 Å². The van der Waals surface area contributed by atoms with Crippen molar-refractivity contribution >= 4 is 17.6 Å². The van der Waals surface area contributed by atoms with Crippen molar-refractivity contribution in [2.24, 2.45) is 17.9 Å². The van der Waals surface area contributed by atoms with Crippen LogP contribution in [0.3, 0.4) is 0 Å². The van der Waals surface area contributed by atoms with Gasteiger partial charge in [0.15, 0.2) is 5.84 Å². The highest BCUT2D eigenvalue weighted by Crippen LogP contribution is 2.32. The first-order valence-electron chi connectivity index (χ1n) is 6.77. The van der Waals surface area contributed by atoms with E-state index >= 15 is 0 Å². The average Bonchev–Trinajstić information content (AvgIpc) is 3.03. The van der Waals surface area contributed by atoms with Crippen molar-refractivity contribution in [3.05, 3.63) is 34.6 Å². The predicted octanol–water partition coefficient (Wildman–Crippen LogP) is 1.86. The van der Waals surface area contributed by atoms with Gasteiger partial charge in [0.25, 0.3) is 0 Å². The van der Waals surface area contributed by atoms with Crippen molar-refractivity contribution in [2.45, 2.75) is 36.2 Å². The van der Waals surface area contributed by atoms with Crippen molar-refractivity contribution < 1.29 is 5.21 Å². The monoisotopic (exact) mass is 303 g/mol. The second kappa shape index (κ2) is 5.40. The second-order valence-electron chi connectivity index (χ2n) is 5.14. The molecule has 0 fully saturated rings.